The summed E-state index contributed by atoms with van der Waals surface area (Å²) in [5.74, 6) is 1.49. The molecule has 3 aromatic carbocycles. The molecule has 164 valence electrons. The molecule has 0 aromatic heterocycles. The first-order valence-electron chi connectivity index (χ1n) is 10.6. The number of rotatable bonds is 13. The van der Waals surface area contributed by atoms with Crippen LogP contribution in [0.2, 0.25) is 0 Å². The first-order chi connectivity index (χ1) is 15.3. The molecule has 0 aliphatic heterocycles. The Morgan fingerprint density at radius 3 is 1.97 bits per heavy atom. The third kappa shape index (κ3) is 7.72. The number of hydrogen-bond acceptors (Lipinski definition) is 5. The van der Waals surface area contributed by atoms with Crippen LogP contribution in [-0.4, -0.2) is 44.6 Å². The minimum atomic E-state index is -0.579. The summed E-state index contributed by atoms with van der Waals surface area (Å²) in [5, 5.41) is 13.4. The maximum atomic E-state index is 10.1. The maximum Gasteiger partial charge on any atom is 0.119 e. The zero-order valence-corrected chi connectivity index (χ0v) is 17.9. The fourth-order valence-corrected chi connectivity index (χ4v) is 3.23. The number of hydrogen-bond donors (Lipinski definition) is 2. The van der Waals surface area contributed by atoms with Gasteiger partial charge in [-0.3, -0.25) is 0 Å². The monoisotopic (exact) mass is 421 g/mol. The van der Waals surface area contributed by atoms with Crippen molar-refractivity contribution in [2.75, 3.05) is 33.4 Å². The lowest BCUT2D eigenvalue weighted by Crippen LogP contribution is -2.32. The van der Waals surface area contributed by atoms with Crippen molar-refractivity contribution in [3.05, 3.63) is 96.1 Å². The maximum absolute atomic E-state index is 10.1. The van der Waals surface area contributed by atoms with Crippen LogP contribution in [0, 0.1) is 0 Å². The second kappa shape index (κ2) is 12.7. The van der Waals surface area contributed by atoms with E-state index in [1.54, 1.807) is 7.11 Å². The minimum absolute atomic E-state index is 0.0779. The van der Waals surface area contributed by atoms with Crippen molar-refractivity contribution in [2.24, 2.45) is 0 Å². The van der Waals surface area contributed by atoms with Gasteiger partial charge < -0.3 is 24.6 Å². The van der Waals surface area contributed by atoms with E-state index in [2.05, 4.69) is 29.6 Å². The molecule has 3 aromatic rings. The molecule has 0 heterocycles. The molecular weight excluding hydrogens is 390 g/mol. The summed E-state index contributed by atoms with van der Waals surface area (Å²) in [7, 11) is 1.62. The van der Waals surface area contributed by atoms with Gasteiger partial charge in [-0.05, 0) is 48.4 Å². The van der Waals surface area contributed by atoms with Gasteiger partial charge in [0.05, 0.1) is 7.11 Å². The Bertz CT molecular complexity index is 816. The highest BCUT2D eigenvalue weighted by Crippen LogP contribution is 2.25. The second-order valence-electron chi connectivity index (χ2n) is 7.27. The standard InChI is InChI=1S/C26H31NO4/c1-29-24-13-15-25(16-14-24)31-20-23(28)19-27-17-8-18-30-26(21-9-4-2-5-10-21)22-11-6-3-7-12-22/h2-7,9-16,23,26-28H,8,17-20H2,1H3. The van der Waals surface area contributed by atoms with Crippen LogP contribution < -0.4 is 14.8 Å². The van der Waals surface area contributed by atoms with Crippen molar-refractivity contribution < 1.29 is 19.3 Å². The van der Waals surface area contributed by atoms with Gasteiger partial charge in [-0.15, -0.1) is 0 Å². The molecule has 0 radical (unpaired) electrons. The Morgan fingerprint density at radius 2 is 1.39 bits per heavy atom. The van der Waals surface area contributed by atoms with Gasteiger partial charge >= 0.3 is 0 Å². The van der Waals surface area contributed by atoms with Crippen LogP contribution in [0.15, 0.2) is 84.9 Å². The number of ether oxygens (including phenoxy) is 3. The SMILES string of the molecule is COc1ccc(OCC(O)CNCCCOC(c2ccccc2)c2ccccc2)cc1. The predicted molar refractivity (Wildman–Crippen MR) is 123 cm³/mol. The quantitative estimate of drug-likeness (QED) is 0.405. The van der Waals surface area contributed by atoms with E-state index in [1.807, 2.05) is 60.7 Å². The molecule has 0 bridgehead atoms. The third-order valence-electron chi connectivity index (χ3n) is 4.87. The Balaban J connectivity index is 1.34. The zero-order chi connectivity index (χ0) is 21.7. The molecular formula is C26H31NO4. The van der Waals surface area contributed by atoms with E-state index in [4.69, 9.17) is 14.2 Å². The van der Waals surface area contributed by atoms with Crippen molar-refractivity contribution in [1.82, 2.24) is 5.32 Å². The van der Waals surface area contributed by atoms with Gasteiger partial charge in [0.2, 0.25) is 0 Å². The summed E-state index contributed by atoms with van der Waals surface area (Å²) in [6, 6.07) is 27.8. The molecule has 0 saturated carbocycles. The molecule has 0 spiro atoms. The van der Waals surface area contributed by atoms with Gasteiger partial charge in [-0.2, -0.15) is 0 Å². The van der Waals surface area contributed by atoms with E-state index in [-0.39, 0.29) is 12.7 Å². The smallest absolute Gasteiger partial charge is 0.119 e. The lowest BCUT2D eigenvalue weighted by Gasteiger charge is -2.19. The topological polar surface area (TPSA) is 60.0 Å². The number of benzene rings is 3. The fourth-order valence-electron chi connectivity index (χ4n) is 3.23. The molecule has 0 aliphatic rings. The van der Waals surface area contributed by atoms with Gasteiger partial charge in [0.1, 0.15) is 30.3 Å². The van der Waals surface area contributed by atoms with Crippen molar-refractivity contribution in [1.29, 1.82) is 0 Å². The molecule has 1 unspecified atom stereocenters. The lowest BCUT2D eigenvalue weighted by atomic mass is 10.0. The van der Waals surface area contributed by atoms with Gasteiger partial charge in [-0.25, -0.2) is 0 Å². The Labute approximate surface area is 184 Å². The van der Waals surface area contributed by atoms with E-state index in [0.29, 0.717) is 18.9 Å². The molecule has 5 nitrogen and oxygen atoms in total. The predicted octanol–water partition coefficient (Wildman–Crippen LogP) is 4.22. The van der Waals surface area contributed by atoms with Crippen LogP contribution in [0.4, 0.5) is 0 Å². The molecule has 2 N–H and O–H groups in total. The first-order valence-corrected chi connectivity index (χ1v) is 10.6. The van der Waals surface area contributed by atoms with Gasteiger partial charge in [0.25, 0.3) is 0 Å². The van der Waals surface area contributed by atoms with E-state index >= 15 is 0 Å². The Kier molecular flexibility index (Phi) is 9.38. The van der Waals surface area contributed by atoms with Crippen molar-refractivity contribution >= 4 is 0 Å². The van der Waals surface area contributed by atoms with Gasteiger partial charge in [-0.1, -0.05) is 60.7 Å². The van der Waals surface area contributed by atoms with Gasteiger partial charge in [0.15, 0.2) is 0 Å². The lowest BCUT2D eigenvalue weighted by molar-refractivity contribution is 0.0759. The van der Waals surface area contributed by atoms with Crippen molar-refractivity contribution in [2.45, 2.75) is 18.6 Å². The van der Waals surface area contributed by atoms with Crippen LogP contribution in [0.1, 0.15) is 23.7 Å². The molecule has 0 fully saturated rings. The number of aliphatic hydroxyl groups is 1. The molecule has 5 heteroatoms. The summed E-state index contributed by atoms with van der Waals surface area (Å²) in [6.45, 7) is 2.09. The van der Waals surface area contributed by atoms with Gasteiger partial charge in [0, 0.05) is 13.2 Å². The fraction of sp³-hybridized carbons (Fsp3) is 0.308. The highest BCUT2D eigenvalue weighted by molar-refractivity contribution is 5.31. The average molecular weight is 422 g/mol. The molecule has 3 rings (SSSR count). The number of nitrogens with one attached hydrogen (secondary N) is 1. The van der Waals surface area contributed by atoms with E-state index in [1.165, 1.54) is 0 Å². The Hall–Kier alpha value is -2.86. The number of methoxy groups -OCH3 is 1. The first kappa shape index (κ1) is 22.8. The molecule has 0 saturated heterocycles. The molecule has 1 atom stereocenters. The zero-order valence-electron chi connectivity index (χ0n) is 17.9. The molecule has 31 heavy (non-hydrogen) atoms. The van der Waals surface area contributed by atoms with E-state index in [0.717, 1.165) is 29.8 Å². The molecule has 0 aliphatic carbocycles. The highest BCUT2D eigenvalue weighted by atomic mass is 16.5. The summed E-state index contributed by atoms with van der Waals surface area (Å²) >= 11 is 0. The van der Waals surface area contributed by atoms with Crippen LogP contribution in [-0.2, 0) is 4.74 Å². The van der Waals surface area contributed by atoms with Crippen molar-refractivity contribution in [3.8, 4) is 11.5 Å². The Morgan fingerprint density at radius 1 is 0.806 bits per heavy atom. The second-order valence-corrected chi connectivity index (χ2v) is 7.27. The third-order valence-corrected chi connectivity index (χ3v) is 4.87. The largest absolute Gasteiger partial charge is 0.497 e. The van der Waals surface area contributed by atoms with E-state index in [9.17, 15) is 5.11 Å². The van der Waals surface area contributed by atoms with Crippen LogP contribution in [0.25, 0.3) is 0 Å². The average Bonchev–Trinajstić information content (AvgIpc) is 2.83. The summed E-state index contributed by atoms with van der Waals surface area (Å²) in [5.41, 5.74) is 2.29. The minimum Gasteiger partial charge on any atom is -0.497 e. The summed E-state index contributed by atoms with van der Waals surface area (Å²) < 4.78 is 16.9. The normalized spacial score (nSPS) is 12.0. The highest BCUT2D eigenvalue weighted by Gasteiger charge is 2.14. The van der Waals surface area contributed by atoms with Crippen LogP contribution in [0.3, 0.4) is 0 Å². The van der Waals surface area contributed by atoms with E-state index < -0.39 is 6.10 Å². The van der Waals surface area contributed by atoms with Crippen LogP contribution >= 0.6 is 0 Å². The van der Waals surface area contributed by atoms with Crippen molar-refractivity contribution in [3.63, 3.8) is 0 Å². The number of aliphatic hydroxyl groups excluding tert-OH is 1. The summed E-state index contributed by atoms with van der Waals surface area (Å²) in [6.07, 6.45) is 0.192. The van der Waals surface area contributed by atoms with Crippen LogP contribution in [0.5, 0.6) is 11.5 Å². The molecule has 0 amide bonds. The summed E-state index contributed by atoms with van der Waals surface area (Å²) in [4.78, 5) is 0.